The number of thioether (sulfide) groups is 1. The predicted octanol–water partition coefficient (Wildman–Crippen LogP) is 5.80. The lowest BCUT2D eigenvalue weighted by molar-refractivity contribution is -0.118. The minimum atomic E-state index is -4.45. The Bertz CT molecular complexity index is 603. The van der Waals surface area contributed by atoms with Gasteiger partial charge in [0.1, 0.15) is 5.78 Å². The summed E-state index contributed by atoms with van der Waals surface area (Å²) in [6.07, 6.45) is 1.93. The van der Waals surface area contributed by atoms with E-state index in [0.717, 1.165) is 12.0 Å². The van der Waals surface area contributed by atoms with Crippen LogP contribution in [0, 0.1) is 11.3 Å². The minimum Gasteiger partial charge on any atom is -0.299 e. The third-order valence-electron chi connectivity index (χ3n) is 3.37. The predicted molar refractivity (Wildman–Crippen MR) is 90.2 cm³/mol. The van der Waals surface area contributed by atoms with Gasteiger partial charge in [-0.25, -0.2) is 0 Å². The van der Waals surface area contributed by atoms with Crippen LogP contribution in [0.1, 0.15) is 44.6 Å². The van der Waals surface area contributed by atoms with Crippen LogP contribution in [0.5, 0.6) is 0 Å². The van der Waals surface area contributed by atoms with E-state index in [4.69, 9.17) is 5.26 Å². The average Bonchev–Trinajstić information content (AvgIpc) is 2.52. The molecule has 0 atom stereocenters. The Hall–Kier alpha value is -1.74. The van der Waals surface area contributed by atoms with E-state index in [9.17, 15) is 18.0 Å². The molecule has 24 heavy (non-hydrogen) atoms. The van der Waals surface area contributed by atoms with E-state index in [0.29, 0.717) is 12.8 Å². The van der Waals surface area contributed by atoms with Crippen molar-refractivity contribution in [1.82, 2.24) is 0 Å². The normalized spacial score (nSPS) is 12.5. The summed E-state index contributed by atoms with van der Waals surface area (Å²) in [5, 5.41) is 9.15. The lowest BCUT2D eigenvalue weighted by atomic mass is 10.0. The molecule has 1 aromatic rings. The molecule has 0 bridgehead atoms. The summed E-state index contributed by atoms with van der Waals surface area (Å²) < 4.78 is 38.2. The van der Waals surface area contributed by atoms with Crippen LogP contribution in [-0.2, 0) is 11.2 Å². The van der Waals surface area contributed by atoms with Gasteiger partial charge in [-0.2, -0.15) is 18.4 Å². The zero-order valence-electron chi connectivity index (χ0n) is 13.5. The molecular weight excluding hydrogens is 335 g/mol. The van der Waals surface area contributed by atoms with Crippen LogP contribution in [0.15, 0.2) is 40.8 Å². The maximum Gasteiger partial charge on any atom is 0.446 e. The van der Waals surface area contributed by atoms with Crippen LogP contribution in [0.3, 0.4) is 0 Å². The molecule has 0 aliphatic carbocycles. The van der Waals surface area contributed by atoms with Gasteiger partial charge in [-0.1, -0.05) is 43.7 Å². The SMILES string of the molecule is CCCC/C(C#N)=C(/CCC(=O)Cc1ccccc1)SC(F)(F)F. The molecule has 0 N–H and O–H groups in total. The molecule has 0 spiro atoms. The van der Waals surface area contributed by atoms with Crippen LogP contribution < -0.4 is 0 Å². The summed E-state index contributed by atoms with van der Waals surface area (Å²) in [5.41, 5.74) is -3.47. The zero-order chi connectivity index (χ0) is 18.0. The van der Waals surface area contributed by atoms with Gasteiger partial charge in [-0.15, -0.1) is 0 Å². The second-order valence-electron chi connectivity index (χ2n) is 5.37. The van der Waals surface area contributed by atoms with Gasteiger partial charge in [0.05, 0.1) is 6.07 Å². The third kappa shape index (κ3) is 8.21. The second-order valence-corrected chi connectivity index (χ2v) is 6.53. The molecule has 0 amide bonds. The number of allylic oxidation sites excluding steroid dienone is 2. The van der Waals surface area contributed by atoms with Crippen LogP contribution in [0.25, 0.3) is 0 Å². The van der Waals surface area contributed by atoms with Crippen LogP contribution >= 0.6 is 11.8 Å². The fourth-order valence-corrected chi connectivity index (χ4v) is 2.93. The first kappa shape index (κ1) is 20.3. The highest BCUT2D eigenvalue weighted by Crippen LogP contribution is 2.40. The number of alkyl halides is 3. The number of carbonyl (C=O) groups excluding carboxylic acids is 1. The molecular formula is C18H20F3NOS. The largest absolute Gasteiger partial charge is 0.446 e. The summed E-state index contributed by atoms with van der Waals surface area (Å²) >= 11 is -0.262. The van der Waals surface area contributed by atoms with Crippen molar-refractivity contribution in [2.75, 3.05) is 0 Å². The van der Waals surface area contributed by atoms with E-state index in [2.05, 4.69) is 0 Å². The smallest absolute Gasteiger partial charge is 0.299 e. The molecule has 6 heteroatoms. The molecule has 0 aliphatic heterocycles. The molecule has 0 saturated heterocycles. The Labute approximate surface area is 144 Å². The van der Waals surface area contributed by atoms with Crippen molar-refractivity contribution in [3.05, 3.63) is 46.4 Å². The summed E-state index contributed by atoms with van der Waals surface area (Å²) in [6.45, 7) is 1.91. The number of hydrogen-bond acceptors (Lipinski definition) is 3. The molecule has 1 rings (SSSR count). The number of nitrogens with zero attached hydrogens (tertiary/aromatic N) is 1. The Balaban J connectivity index is 2.76. The number of Topliss-reactive ketones (excluding diaryl/α,β-unsaturated/α-hetero) is 1. The van der Waals surface area contributed by atoms with Crippen LogP contribution in [0.4, 0.5) is 13.2 Å². The first-order chi connectivity index (χ1) is 11.4. The molecule has 0 fully saturated rings. The molecule has 0 saturated carbocycles. The highest BCUT2D eigenvalue weighted by atomic mass is 32.2. The van der Waals surface area contributed by atoms with E-state index in [1.54, 1.807) is 12.1 Å². The Morgan fingerprint density at radius 3 is 2.38 bits per heavy atom. The summed E-state index contributed by atoms with van der Waals surface area (Å²) in [7, 11) is 0. The molecule has 0 radical (unpaired) electrons. The third-order valence-corrected chi connectivity index (χ3v) is 4.29. The van der Waals surface area contributed by atoms with Crippen LogP contribution in [-0.4, -0.2) is 11.3 Å². The molecule has 1 aromatic carbocycles. The van der Waals surface area contributed by atoms with Crippen molar-refractivity contribution in [3.8, 4) is 6.07 Å². The topological polar surface area (TPSA) is 40.9 Å². The highest BCUT2D eigenvalue weighted by Gasteiger charge is 2.31. The van der Waals surface area contributed by atoms with Crippen molar-refractivity contribution in [2.45, 2.75) is 51.0 Å². The van der Waals surface area contributed by atoms with E-state index in [-0.39, 0.29) is 47.3 Å². The first-order valence-electron chi connectivity index (χ1n) is 7.79. The lowest BCUT2D eigenvalue weighted by Crippen LogP contribution is -2.06. The number of hydrogen-bond donors (Lipinski definition) is 0. The molecule has 0 unspecified atom stereocenters. The fraction of sp³-hybridized carbons (Fsp3) is 0.444. The monoisotopic (exact) mass is 355 g/mol. The number of halogens is 3. The molecule has 130 valence electrons. The lowest BCUT2D eigenvalue weighted by Gasteiger charge is -2.12. The Morgan fingerprint density at radius 2 is 1.83 bits per heavy atom. The van der Waals surface area contributed by atoms with Gasteiger partial charge in [0.15, 0.2) is 0 Å². The number of nitriles is 1. The fourth-order valence-electron chi connectivity index (χ4n) is 2.18. The van der Waals surface area contributed by atoms with E-state index in [1.807, 2.05) is 31.2 Å². The Morgan fingerprint density at radius 1 is 1.17 bits per heavy atom. The van der Waals surface area contributed by atoms with Crippen molar-refractivity contribution in [3.63, 3.8) is 0 Å². The van der Waals surface area contributed by atoms with Gasteiger partial charge < -0.3 is 0 Å². The van der Waals surface area contributed by atoms with E-state index in [1.165, 1.54) is 0 Å². The van der Waals surface area contributed by atoms with Gasteiger partial charge in [0.25, 0.3) is 0 Å². The van der Waals surface area contributed by atoms with Crippen molar-refractivity contribution in [1.29, 1.82) is 5.26 Å². The summed E-state index contributed by atoms with van der Waals surface area (Å²) in [4.78, 5) is 12.0. The molecule has 2 nitrogen and oxygen atoms in total. The quantitative estimate of drug-likeness (QED) is 0.526. The van der Waals surface area contributed by atoms with Crippen LogP contribution in [0.2, 0.25) is 0 Å². The molecule has 0 aliphatic rings. The minimum absolute atomic E-state index is 0.00458. The van der Waals surface area contributed by atoms with Gasteiger partial charge in [0, 0.05) is 23.3 Å². The summed E-state index contributed by atoms with van der Waals surface area (Å²) in [5.74, 6) is -0.130. The van der Waals surface area contributed by atoms with Crippen molar-refractivity contribution in [2.24, 2.45) is 0 Å². The van der Waals surface area contributed by atoms with Crippen molar-refractivity contribution >= 4 is 17.5 Å². The number of benzene rings is 1. The van der Waals surface area contributed by atoms with Gasteiger partial charge in [0.2, 0.25) is 0 Å². The zero-order valence-corrected chi connectivity index (χ0v) is 14.3. The van der Waals surface area contributed by atoms with E-state index >= 15 is 0 Å². The van der Waals surface area contributed by atoms with Crippen molar-refractivity contribution < 1.29 is 18.0 Å². The number of carbonyl (C=O) groups is 1. The van der Waals surface area contributed by atoms with Gasteiger partial charge >= 0.3 is 5.51 Å². The second kappa shape index (κ2) is 10.2. The Kier molecular flexibility index (Phi) is 8.62. The maximum absolute atomic E-state index is 12.7. The standard InChI is InChI=1S/C18H20F3NOS/c1-2-3-9-15(13-22)17(24-18(19,20)21)11-10-16(23)12-14-7-5-4-6-8-14/h4-8H,2-3,9-12H2,1H3/b17-15+. The number of rotatable bonds is 9. The van der Waals surface area contributed by atoms with Gasteiger partial charge in [-0.3, -0.25) is 4.79 Å². The molecule has 0 aromatic heterocycles. The average molecular weight is 355 g/mol. The number of unbranched alkanes of at least 4 members (excludes halogenated alkanes) is 1. The van der Waals surface area contributed by atoms with E-state index < -0.39 is 5.51 Å². The maximum atomic E-state index is 12.7. The highest BCUT2D eigenvalue weighted by molar-refractivity contribution is 8.03. The number of ketones is 1. The molecule has 0 heterocycles. The summed E-state index contributed by atoms with van der Waals surface area (Å²) in [6, 6.07) is 11.0. The van der Waals surface area contributed by atoms with Gasteiger partial charge in [-0.05, 0) is 36.6 Å². The first-order valence-corrected chi connectivity index (χ1v) is 8.60.